The molecule has 1 fully saturated rings. The van der Waals surface area contributed by atoms with Gasteiger partial charge in [-0.1, -0.05) is 6.07 Å². The maximum absolute atomic E-state index is 12.9. The second-order valence-electron chi connectivity index (χ2n) is 7.70. The number of nitrogens with two attached hydrogens (primary N) is 1. The van der Waals surface area contributed by atoms with Crippen molar-refractivity contribution in [1.82, 2.24) is 14.5 Å². The van der Waals surface area contributed by atoms with Gasteiger partial charge in [0.25, 0.3) is 0 Å². The largest absolute Gasteiger partial charge is 0.378 e. The van der Waals surface area contributed by atoms with Gasteiger partial charge in [-0.2, -0.15) is 5.26 Å². The van der Waals surface area contributed by atoms with Crippen LogP contribution in [0, 0.1) is 11.3 Å². The van der Waals surface area contributed by atoms with Gasteiger partial charge >= 0.3 is 0 Å². The van der Waals surface area contributed by atoms with E-state index >= 15 is 0 Å². The first-order valence-corrected chi connectivity index (χ1v) is 10.3. The third kappa shape index (κ3) is 3.87. The average Bonchev–Trinajstić information content (AvgIpc) is 3.42. The summed E-state index contributed by atoms with van der Waals surface area (Å²) >= 11 is 0. The van der Waals surface area contributed by atoms with Gasteiger partial charge in [0.2, 0.25) is 5.91 Å². The molecule has 2 heterocycles. The van der Waals surface area contributed by atoms with Gasteiger partial charge < -0.3 is 20.5 Å². The molecule has 1 atom stereocenters. The molecular formula is C23H26N6O. The van der Waals surface area contributed by atoms with Crippen molar-refractivity contribution in [2.24, 2.45) is 12.8 Å². The minimum atomic E-state index is -0.324. The number of carbonyl (C=O) groups excluding carboxylic acids is 1. The number of likely N-dealkylation sites (tertiary alicyclic amines) is 1. The minimum absolute atomic E-state index is 0.119. The number of anilines is 1. The number of aromatic nitrogens is 2. The number of nitrogens with zero attached hydrogens (tertiary/aromatic N) is 4. The summed E-state index contributed by atoms with van der Waals surface area (Å²) in [6.45, 7) is 2.50. The van der Waals surface area contributed by atoms with E-state index in [9.17, 15) is 4.79 Å². The van der Waals surface area contributed by atoms with Crippen LogP contribution in [-0.2, 0) is 18.4 Å². The number of nitrogens with one attached hydrogen (secondary N) is 1. The molecule has 0 saturated carbocycles. The molecular weight excluding hydrogens is 376 g/mol. The van der Waals surface area contributed by atoms with E-state index in [1.54, 1.807) is 12.1 Å². The van der Waals surface area contributed by atoms with Crippen molar-refractivity contribution in [2.75, 3.05) is 25.0 Å². The molecule has 0 aliphatic carbocycles. The van der Waals surface area contributed by atoms with Gasteiger partial charge in [0.05, 0.1) is 35.1 Å². The molecule has 2 aromatic carbocycles. The molecule has 30 heavy (non-hydrogen) atoms. The fourth-order valence-electron chi connectivity index (χ4n) is 4.02. The summed E-state index contributed by atoms with van der Waals surface area (Å²) in [6.07, 6.45) is 2.13. The molecule has 1 saturated heterocycles. The average molecular weight is 403 g/mol. The summed E-state index contributed by atoms with van der Waals surface area (Å²) in [5, 5.41) is 12.3. The van der Waals surface area contributed by atoms with Crippen molar-refractivity contribution >= 4 is 22.6 Å². The highest BCUT2D eigenvalue weighted by molar-refractivity contribution is 5.86. The van der Waals surface area contributed by atoms with Crippen molar-refractivity contribution in [3.05, 3.63) is 59.4 Å². The predicted molar refractivity (Wildman–Crippen MR) is 117 cm³/mol. The van der Waals surface area contributed by atoms with Gasteiger partial charge in [-0.05, 0) is 54.8 Å². The topological polar surface area (TPSA) is 100.0 Å². The summed E-state index contributed by atoms with van der Waals surface area (Å²) < 4.78 is 2.05. The first kappa shape index (κ1) is 19.9. The van der Waals surface area contributed by atoms with E-state index in [0.717, 1.165) is 54.0 Å². The molecule has 154 valence electrons. The summed E-state index contributed by atoms with van der Waals surface area (Å²) in [6, 6.07) is 15.5. The van der Waals surface area contributed by atoms with Crippen LogP contribution in [0.25, 0.3) is 11.0 Å². The van der Waals surface area contributed by atoms with Crippen LogP contribution < -0.4 is 11.1 Å². The van der Waals surface area contributed by atoms with Gasteiger partial charge in [0.15, 0.2) is 0 Å². The Bertz CT molecular complexity index is 1090. The van der Waals surface area contributed by atoms with Gasteiger partial charge in [0.1, 0.15) is 5.82 Å². The fourth-order valence-corrected chi connectivity index (χ4v) is 4.02. The number of hydrogen-bond acceptors (Lipinski definition) is 5. The Hall–Kier alpha value is -3.37. The maximum atomic E-state index is 12.9. The summed E-state index contributed by atoms with van der Waals surface area (Å²) in [7, 11) is 1.99. The number of hydrogen-bond donors (Lipinski definition) is 2. The Morgan fingerprint density at radius 3 is 2.63 bits per heavy atom. The molecule has 7 nitrogen and oxygen atoms in total. The van der Waals surface area contributed by atoms with E-state index < -0.39 is 0 Å². The van der Waals surface area contributed by atoms with Crippen LogP contribution in [0.5, 0.6) is 0 Å². The zero-order chi connectivity index (χ0) is 21.1. The van der Waals surface area contributed by atoms with Crippen molar-refractivity contribution in [2.45, 2.75) is 25.3 Å². The molecule has 0 unspecified atom stereocenters. The molecule has 1 aromatic heterocycles. The maximum Gasteiger partial charge on any atom is 0.231 e. The van der Waals surface area contributed by atoms with Crippen LogP contribution in [0.3, 0.4) is 0 Å². The second-order valence-corrected chi connectivity index (χ2v) is 7.70. The molecule has 7 heteroatoms. The molecule has 0 radical (unpaired) electrons. The SMILES string of the molecule is Cn1c(CNc2ccc(C#N)cc2)nc2cc([C@H](CN)C(=O)N3CCCC3)ccc21. The van der Waals surface area contributed by atoms with Gasteiger partial charge in [0, 0.05) is 32.4 Å². The molecule has 1 amide bonds. The molecule has 1 aliphatic heterocycles. The third-order valence-electron chi connectivity index (χ3n) is 5.82. The molecule has 3 aromatic rings. The Kier molecular flexibility index (Phi) is 5.68. The lowest BCUT2D eigenvalue weighted by molar-refractivity contribution is -0.131. The number of aryl methyl sites for hydroxylation is 1. The van der Waals surface area contributed by atoms with Crippen molar-refractivity contribution in [3.63, 3.8) is 0 Å². The minimum Gasteiger partial charge on any atom is -0.378 e. The lowest BCUT2D eigenvalue weighted by Crippen LogP contribution is -2.35. The first-order valence-electron chi connectivity index (χ1n) is 10.3. The van der Waals surface area contributed by atoms with Crippen LogP contribution >= 0.6 is 0 Å². The van der Waals surface area contributed by atoms with Gasteiger partial charge in [-0.3, -0.25) is 4.79 Å². The molecule has 1 aliphatic rings. The number of nitriles is 1. The second kappa shape index (κ2) is 8.56. The number of benzene rings is 2. The molecule has 0 bridgehead atoms. The number of fused-ring (bicyclic) bond motifs is 1. The highest BCUT2D eigenvalue weighted by Crippen LogP contribution is 2.25. The standard InChI is InChI=1S/C23H26N6O/c1-28-21-9-6-17(19(14-25)23(30)29-10-2-3-11-29)12-20(21)27-22(28)15-26-18-7-4-16(13-24)5-8-18/h4-9,12,19,26H,2-3,10-11,14-15,25H2,1H3/t19-/m0/s1. The van der Waals surface area contributed by atoms with Crippen molar-refractivity contribution in [3.8, 4) is 6.07 Å². The van der Waals surface area contributed by atoms with E-state index in [0.29, 0.717) is 18.7 Å². The summed E-state index contributed by atoms with van der Waals surface area (Å²) in [4.78, 5) is 19.6. The van der Waals surface area contributed by atoms with Crippen LogP contribution in [0.15, 0.2) is 42.5 Å². The smallest absolute Gasteiger partial charge is 0.231 e. The van der Waals surface area contributed by atoms with Crippen LogP contribution in [0.2, 0.25) is 0 Å². The monoisotopic (exact) mass is 402 g/mol. The first-order chi connectivity index (χ1) is 14.6. The Morgan fingerprint density at radius 1 is 1.23 bits per heavy atom. The normalized spacial score (nSPS) is 14.6. The lowest BCUT2D eigenvalue weighted by Gasteiger charge is -2.22. The van der Waals surface area contributed by atoms with E-state index in [2.05, 4.69) is 16.0 Å². The fraction of sp³-hybridized carbons (Fsp3) is 0.348. The van der Waals surface area contributed by atoms with E-state index in [-0.39, 0.29) is 11.8 Å². The van der Waals surface area contributed by atoms with Gasteiger partial charge in [-0.15, -0.1) is 0 Å². The highest BCUT2D eigenvalue weighted by Gasteiger charge is 2.27. The summed E-state index contributed by atoms with van der Waals surface area (Å²) in [5.41, 5.74) is 10.3. The van der Waals surface area contributed by atoms with Crippen LogP contribution in [-0.4, -0.2) is 40.0 Å². The predicted octanol–water partition coefficient (Wildman–Crippen LogP) is 2.72. The zero-order valence-electron chi connectivity index (χ0n) is 17.1. The number of amides is 1. The van der Waals surface area contributed by atoms with E-state index in [4.69, 9.17) is 16.0 Å². The van der Waals surface area contributed by atoms with Crippen LogP contribution in [0.4, 0.5) is 5.69 Å². The van der Waals surface area contributed by atoms with Crippen LogP contribution in [0.1, 0.15) is 35.7 Å². The number of carbonyl (C=O) groups is 1. The molecule has 3 N–H and O–H groups in total. The lowest BCUT2D eigenvalue weighted by atomic mass is 9.97. The third-order valence-corrected chi connectivity index (χ3v) is 5.82. The van der Waals surface area contributed by atoms with E-state index in [1.807, 2.05) is 42.3 Å². The summed E-state index contributed by atoms with van der Waals surface area (Å²) in [5.74, 6) is 0.685. The Balaban J connectivity index is 1.54. The highest BCUT2D eigenvalue weighted by atomic mass is 16.2. The molecule has 0 spiro atoms. The quantitative estimate of drug-likeness (QED) is 0.660. The number of imidazole rings is 1. The van der Waals surface area contributed by atoms with Crippen molar-refractivity contribution < 1.29 is 4.79 Å². The van der Waals surface area contributed by atoms with E-state index in [1.165, 1.54) is 0 Å². The Labute approximate surface area is 176 Å². The van der Waals surface area contributed by atoms with Gasteiger partial charge in [-0.25, -0.2) is 4.98 Å². The van der Waals surface area contributed by atoms with Crippen molar-refractivity contribution in [1.29, 1.82) is 5.26 Å². The Morgan fingerprint density at radius 2 is 1.97 bits per heavy atom. The number of rotatable bonds is 6. The zero-order valence-corrected chi connectivity index (χ0v) is 17.1. The molecule has 4 rings (SSSR count).